The van der Waals surface area contributed by atoms with E-state index in [4.69, 9.17) is 16.3 Å². The molecular formula is C17H21ClN2O2. The zero-order valence-corrected chi connectivity index (χ0v) is 13.3. The number of aliphatic hydroxyl groups excluding tert-OH is 1. The number of hydrogen-bond acceptors (Lipinski definition) is 4. The molecule has 0 amide bonds. The lowest BCUT2D eigenvalue weighted by atomic mass is 9.76. The van der Waals surface area contributed by atoms with Crippen LogP contribution in [-0.2, 0) is 4.74 Å². The average Bonchev–Trinajstić information content (AvgIpc) is 2.83. The van der Waals surface area contributed by atoms with E-state index in [1.165, 1.54) is 0 Å². The van der Waals surface area contributed by atoms with Crippen molar-refractivity contribution in [3.8, 4) is 6.07 Å². The second-order valence-corrected chi connectivity index (χ2v) is 6.84. The van der Waals surface area contributed by atoms with Crippen LogP contribution < -0.4 is 5.32 Å². The first-order valence-corrected chi connectivity index (χ1v) is 8.22. The maximum absolute atomic E-state index is 10.7. The fourth-order valence-electron chi connectivity index (χ4n) is 3.82. The Morgan fingerprint density at radius 3 is 2.86 bits per heavy atom. The molecule has 2 aliphatic rings. The van der Waals surface area contributed by atoms with Crippen molar-refractivity contribution in [2.24, 2.45) is 11.3 Å². The van der Waals surface area contributed by atoms with Crippen molar-refractivity contribution < 1.29 is 9.84 Å². The van der Waals surface area contributed by atoms with Gasteiger partial charge in [-0.25, -0.2) is 0 Å². The monoisotopic (exact) mass is 320 g/mol. The van der Waals surface area contributed by atoms with Crippen LogP contribution >= 0.6 is 11.6 Å². The molecule has 2 fully saturated rings. The number of nitrogens with zero attached hydrogens (tertiary/aromatic N) is 1. The van der Waals surface area contributed by atoms with E-state index in [9.17, 15) is 10.4 Å². The summed E-state index contributed by atoms with van der Waals surface area (Å²) in [6.07, 6.45) is 3.70. The first-order valence-electron chi connectivity index (χ1n) is 7.84. The molecule has 0 unspecified atom stereocenters. The zero-order valence-electron chi connectivity index (χ0n) is 12.5. The summed E-state index contributed by atoms with van der Waals surface area (Å²) < 4.78 is 5.44. The van der Waals surface area contributed by atoms with E-state index in [-0.39, 0.29) is 17.4 Å². The van der Waals surface area contributed by atoms with Crippen LogP contribution in [0.2, 0.25) is 5.02 Å². The summed E-state index contributed by atoms with van der Waals surface area (Å²) in [7, 11) is 0. The fraction of sp³-hybridized carbons (Fsp3) is 0.588. The predicted octanol–water partition coefficient (Wildman–Crippen LogP) is 3.19. The Kier molecular flexibility index (Phi) is 4.58. The molecule has 0 aromatic heterocycles. The molecule has 1 spiro atoms. The van der Waals surface area contributed by atoms with Crippen LogP contribution in [0.15, 0.2) is 18.2 Å². The summed E-state index contributed by atoms with van der Waals surface area (Å²) in [5, 5.41) is 23.8. The molecule has 1 heterocycles. The first-order chi connectivity index (χ1) is 10.6. The molecule has 0 bridgehead atoms. The Bertz CT molecular complexity index is 579. The Labute approximate surface area is 136 Å². The Morgan fingerprint density at radius 1 is 1.36 bits per heavy atom. The number of rotatable bonds is 3. The maximum atomic E-state index is 10.7. The van der Waals surface area contributed by atoms with Crippen molar-refractivity contribution in [2.45, 2.75) is 31.8 Å². The number of benzene rings is 1. The minimum atomic E-state index is -0.290. The van der Waals surface area contributed by atoms with Gasteiger partial charge in [0.1, 0.15) is 6.07 Å². The van der Waals surface area contributed by atoms with Gasteiger partial charge in [0.25, 0.3) is 0 Å². The van der Waals surface area contributed by atoms with E-state index in [2.05, 4.69) is 11.4 Å². The number of aliphatic hydroxyl groups is 1. The third kappa shape index (κ3) is 2.94. The maximum Gasteiger partial charge on any atom is 0.101 e. The van der Waals surface area contributed by atoms with Crippen molar-refractivity contribution in [3.63, 3.8) is 0 Å². The van der Waals surface area contributed by atoms with Crippen molar-refractivity contribution in [2.75, 3.05) is 25.1 Å². The SMILES string of the molecule is N#Cc1cc(Cl)ccc1NC[C@@H]1CCC2(CCOCC2)[C@H]1O. The largest absolute Gasteiger partial charge is 0.392 e. The zero-order chi connectivity index (χ0) is 15.6. The number of nitrogens with one attached hydrogen (secondary N) is 1. The van der Waals surface area contributed by atoms with Crippen LogP contribution in [0.4, 0.5) is 5.69 Å². The van der Waals surface area contributed by atoms with Crippen molar-refractivity contribution >= 4 is 17.3 Å². The molecular weight excluding hydrogens is 300 g/mol. The third-order valence-electron chi connectivity index (χ3n) is 5.23. The minimum absolute atomic E-state index is 0.0443. The van der Waals surface area contributed by atoms with Crippen molar-refractivity contribution in [1.82, 2.24) is 0 Å². The van der Waals surface area contributed by atoms with Gasteiger partial charge in [-0.1, -0.05) is 11.6 Å². The molecule has 1 aromatic rings. The molecule has 1 saturated heterocycles. The third-order valence-corrected chi connectivity index (χ3v) is 5.47. The van der Waals surface area contributed by atoms with Gasteiger partial charge in [0.15, 0.2) is 0 Å². The number of anilines is 1. The molecule has 22 heavy (non-hydrogen) atoms. The van der Waals surface area contributed by atoms with Gasteiger partial charge < -0.3 is 15.2 Å². The first kappa shape index (κ1) is 15.6. The Morgan fingerprint density at radius 2 is 2.14 bits per heavy atom. The van der Waals surface area contributed by atoms with E-state index in [0.717, 1.165) is 44.6 Å². The highest BCUT2D eigenvalue weighted by molar-refractivity contribution is 6.30. The Hall–Kier alpha value is -1.28. The van der Waals surface area contributed by atoms with Crippen molar-refractivity contribution in [3.05, 3.63) is 28.8 Å². The average molecular weight is 321 g/mol. The highest BCUT2D eigenvalue weighted by Crippen LogP contribution is 2.48. The van der Waals surface area contributed by atoms with Gasteiger partial charge >= 0.3 is 0 Å². The highest BCUT2D eigenvalue weighted by atomic mass is 35.5. The lowest BCUT2D eigenvalue weighted by molar-refractivity contribution is -0.0545. The van der Waals surface area contributed by atoms with E-state index in [0.29, 0.717) is 17.1 Å². The number of nitriles is 1. The lowest BCUT2D eigenvalue weighted by Crippen LogP contribution is -2.40. The molecule has 1 aromatic carbocycles. The Balaban J connectivity index is 1.64. The summed E-state index contributed by atoms with van der Waals surface area (Å²) in [4.78, 5) is 0. The lowest BCUT2D eigenvalue weighted by Gasteiger charge is -2.37. The van der Waals surface area contributed by atoms with Gasteiger partial charge in [0.2, 0.25) is 0 Å². The van der Waals surface area contributed by atoms with E-state index in [1.54, 1.807) is 12.1 Å². The molecule has 2 N–H and O–H groups in total. The highest BCUT2D eigenvalue weighted by Gasteiger charge is 2.47. The molecule has 2 atom stereocenters. The molecule has 0 radical (unpaired) electrons. The van der Waals surface area contributed by atoms with Gasteiger partial charge in [0, 0.05) is 36.1 Å². The van der Waals surface area contributed by atoms with Gasteiger partial charge in [-0.15, -0.1) is 0 Å². The van der Waals surface area contributed by atoms with Crippen LogP contribution in [-0.4, -0.2) is 31.0 Å². The number of hydrogen-bond donors (Lipinski definition) is 2. The number of ether oxygens (including phenoxy) is 1. The van der Waals surface area contributed by atoms with Gasteiger partial charge in [-0.05, 0) is 43.9 Å². The molecule has 1 aliphatic heterocycles. The van der Waals surface area contributed by atoms with Crippen LogP contribution in [0.5, 0.6) is 0 Å². The van der Waals surface area contributed by atoms with Gasteiger partial charge in [-0.3, -0.25) is 0 Å². The topological polar surface area (TPSA) is 65.3 Å². The summed E-state index contributed by atoms with van der Waals surface area (Å²) in [6, 6.07) is 7.41. The molecule has 1 aliphatic carbocycles. The second kappa shape index (κ2) is 6.45. The molecule has 5 heteroatoms. The van der Waals surface area contributed by atoms with Gasteiger partial charge in [-0.2, -0.15) is 5.26 Å². The van der Waals surface area contributed by atoms with Crippen LogP contribution in [0.1, 0.15) is 31.2 Å². The molecule has 118 valence electrons. The summed E-state index contributed by atoms with van der Waals surface area (Å²) >= 11 is 5.91. The summed E-state index contributed by atoms with van der Waals surface area (Å²) in [5.74, 6) is 0.223. The van der Waals surface area contributed by atoms with E-state index >= 15 is 0 Å². The second-order valence-electron chi connectivity index (χ2n) is 6.40. The molecule has 3 rings (SSSR count). The fourth-order valence-corrected chi connectivity index (χ4v) is 3.99. The number of halogens is 1. The molecule has 4 nitrogen and oxygen atoms in total. The molecule has 1 saturated carbocycles. The quantitative estimate of drug-likeness (QED) is 0.897. The van der Waals surface area contributed by atoms with Crippen LogP contribution in [0.3, 0.4) is 0 Å². The van der Waals surface area contributed by atoms with Crippen LogP contribution in [0.25, 0.3) is 0 Å². The van der Waals surface area contributed by atoms with E-state index in [1.807, 2.05) is 6.07 Å². The normalized spacial score (nSPS) is 26.8. The van der Waals surface area contributed by atoms with Crippen molar-refractivity contribution in [1.29, 1.82) is 5.26 Å². The van der Waals surface area contributed by atoms with Crippen LogP contribution in [0, 0.1) is 22.7 Å². The summed E-state index contributed by atoms with van der Waals surface area (Å²) in [6.45, 7) is 2.19. The summed E-state index contributed by atoms with van der Waals surface area (Å²) in [5.41, 5.74) is 1.37. The minimum Gasteiger partial charge on any atom is -0.392 e. The smallest absolute Gasteiger partial charge is 0.101 e. The standard InChI is InChI=1S/C17H21ClN2O2/c18-14-1-2-15(13(9-14)10-19)20-11-12-3-4-17(16(12)21)5-7-22-8-6-17/h1-2,9,12,16,20-21H,3-8,11H2/t12-,16-/m0/s1. The predicted molar refractivity (Wildman–Crippen MR) is 85.9 cm³/mol. The van der Waals surface area contributed by atoms with E-state index < -0.39 is 0 Å². The van der Waals surface area contributed by atoms with Gasteiger partial charge in [0.05, 0.1) is 17.4 Å².